The molecule has 0 radical (unpaired) electrons. The van der Waals surface area contributed by atoms with Crippen LogP contribution in [0.1, 0.15) is 59.8 Å². The molecule has 3 heterocycles. The summed E-state index contributed by atoms with van der Waals surface area (Å²) in [4.78, 5) is 4.85. The Morgan fingerprint density at radius 2 is 1.81 bits per heavy atom. The number of fused-ring (bicyclic) bond motifs is 1. The van der Waals surface area contributed by atoms with Crippen molar-refractivity contribution in [1.29, 1.82) is 0 Å². The van der Waals surface area contributed by atoms with Gasteiger partial charge in [0.15, 0.2) is 14.0 Å². The Bertz CT molecular complexity index is 1550. The summed E-state index contributed by atoms with van der Waals surface area (Å²) in [5.41, 5.74) is 0.341. The molecule has 2 aromatic heterocycles. The number of rotatable bonds is 6. The molecule has 10 heteroatoms. The molecule has 0 aliphatic carbocycles. The zero-order chi connectivity index (χ0) is 33.5. The predicted octanol–water partition coefficient (Wildman–Crippen LogP) is 6.01. The van der Waals surface area contributed by atoms with Gasteiger partial charge in [-0.3, -0.25) is 0 Å². The number of ether oxygens (including phenoxy) is 1. The standard InChI is InChI=1S/C26H35F3N4O2Si/c1-18-19(8-7-9-20(18)26(27,28)29)16-22-21(17-35-36(5,6)25(2,3)4)30-23-10-11-24(31-33(22)23)32-12-14-34-15-13-32/h7-11H,12-17H2,1-6H3/i12D2,13D2,14D2,15D2. The van der Waals surface area contributed by atoms with E-state index < -0.39 is 52.0 Å². The van der Waals surface area contributed by atoms with E-state index in [0.29, 0.717) is 17.0 Å². The number of benzene rings is 1. The summed E-state index contributed by atoms with van der Waals surface area (Å²) < 4.78 is 119. The molecule has 4 rings (SSSR count). The highest BCUT2D eigenvalue weighted by Crippen LogP contribution is 2.38. The smallest absolute Gasteiger partial charge is 0.411 e. The van der Waals surface area contributed by atoms with Crippen LogP contribution < -0.4 is 4.90 Å². The van der Waals surface area contributed by atoms with Gasteiger partial charge in [-0.15, -0.1) is 5.10 Å². The lowest BCUT2D eigenvalue weighted by molar-refractivity contribution is -0.138. The van der Waals surface area contributed by atoms with Crippen LogP contribution in [0.15, 0.2) is 30.3 Å². The molecular weight excluding hydrogens is 485 g/mol. The van der Waals surface area contributed by atoms with E-state index in [1.807, 2.05) is 33.9 Å². The van der Waals surface area contributed by atoms with Crippen molar-refractivity contribution in [2.75, 3.05) is 31.0 Å². The fourth-order valence-electron chi connectivity index (χ4n) is 3.56. The zero-order valence-electron chi connectivity index (χ0n) is 29.0. The second-order valence-corrected chi connectivity index (χ2v) is 15.0. The molecule has 0 N–H and O–H groups in total. The average molecular weight is 529 g/mol. The van der Waals surface area contributed by atoms with Crippen molar-refractivity contribution in [3.05, 3.63) is 58.4 Å². The fraction of sp³-hybridized carbons (Fsp3) is 0.538. The van der Waals surface area contributed by atoms with Crippen LogP contribution in [-0.2, 0) is 28.4 Å². The minimum Gasteiger partial charge on any atom is -0.411 e. The minimum atomic E-state index is -4.59. The molecule has 1 aliphatic heterocycles. The van der Waals surface area contributed by atoms with E-state index in [-0.39, 0.29) is 34.2 Å². The highest BCUT2D eigenvalue weighted by Gasteiger charge is 2.38. The summed E-state index contributed by atoms with van der Waals surface area (Å²) in [5, 5.41) is 4.21. The maximum absolute atomic E-state index is 13.7. The van der Waals surface area contributed by atoms with Crippen molar-refractivity contribution in [1.82, 2.24) is 14.6 Å². The molecular formula is C26H35F3N4O2Si. The number of hydrogen-bond acceptors (Lipinski definition) is 5. The second-order valence-electron chi connectivity index (χ2n) is 10.1. The maximum atomic E-state index is 13.7. The Labute approximate surface area is 222 Å². The highest BCUT2D eigenvalue weighted by atomic mass is 28.4. The molecule has 0 unspecified atom stereocenters. The van der Waals surface area contributed by atoms with Crippen LogP contribution in [0.4, 0.5) is 19.0 Å². The van der Waals surface area contributed by atoms with Crippen LogP contribution in [0.3, 0.4) is 0 Å². The first-order valence-corrected chi connectivity index (χ1v) is 14.3. The van der Waals surface area contributed by atoms with Crippen molar-refractivity contribution in [2.24, 2.45) is 0 Å². The Hall–Kier alpha value is -2.43. The highest BCUT2D eigenvalue weighted by molar-refractivity contribution is 6.74. The van der Waals surface area contributed by atoms with E-state index >= 15 is 0 Å². The van der Waals surface area contributed by atoms with Crippen LogP contribution in [0, 0.1) is 6.92 Å². The molecule has 0 bridgehead atoms. The molecule has 6 nitrogen and oxygen atoms in total. The Kier molecular flexibility index (Phi) is 4.88. The van der Waals surface area contributed by atoms with Crippen molar-refractivity contribution in [2.45, 2.75) is 65.0 Å². The van der Waals surface area contributed by atoms with Gasteiger partial charge in [0, 0.05) is 19.4 Å². The molecule has 0 atom stereocenters. The quantitative estimate of drug-likeness (QED) is 0.367. The predicted molar refractivity (Wildman–Crippen MR) is 137 cm³/mol. The molecule has 1 aromatic carbocycles. The van der Waals surface area contributed by atoms with Gasteiger partial charge in [-0.25, -0.2) is 9.50 Å². The van der Waals surface area contributed by atoms with Crippen LogP contribution in [-0.4, -0.2) is 49.0 Å². The molecule has 0 spiro atoms. The number of nitrogens with zero attached hydrogens (tertiary/aromatic N) is 4. The minimum absolute atomic E-state index is 0.00711. The lowest BCUT2D eigenvalue weighted by Crippen LogP contribution is -2.40. The van der Waals surface area contributed by atoms with Crippen molar-refractivity contribution < 1.29 is 33.3 Å². The topological polar surface area (TPSA) is 51.9 Å². The van der Waals surface area contributed by atoms with Gasteiger partial charge in [0.1, 0.15) is 5.82 Å². The van der Waals surface area contributed by atoms with Crippen molar-refractivity contribution >= 4 is 19.8 Å². The van der Waals surface area contributed by atoms with Crippen molar-refractivity contribution in [3.8, 4) is 0 Å². The van der Waals surface area contributed by atoms with Gasteiger partial charge in [-0.2, -0.15) is 13.2 Å². The Morgan fingerprint density at radius 1 is 1.11 bits per heavy atom. The largest absolute Gasteiger partial charge is 0.416 e. The number of aromatic nitrogens is 3. The SMILES string of the molecule is [2H]C1([2H])OC([2H])([2H])C([2H])([2H])N(c2ccc3nc(CO[Si](C)(C)C(C)(C)C)c(Cc4cccc(C(F)(F)F)c4C)n3n2)C1([2H])[2H]. The number of halogens is 3. The lowest BCUT2D eigenvalue weighted by Gasteiger charge is -2.36. The monoisotopic (exact) mass is 528 g/mol. The Morgan fingerprint density at radius 3 is 2.44 bits per heavy atom. The summed E-state index contributed by atoms with van der Waals surface area (Å²) in [6.45, 7) is -1.53. The number of hydrogen-bond donors (Lipinski definition) is 0. The van der Waals surface area contributed by atoms with Crippen LogP contribution >= 0.6 is 0 Å². The third-order valence-electron chi connectivity index (χ3n) is 6.77. The number of alkyl halides is 3. The van der Waals surface area contributed by atoms with Gasteiger partial charge in [0.2, 0.25) is 0 Å². The van der Waals surface area contributed by atoms with E-state index in [1.165, 1.54) is 35.7 Å². The first kappa shape index (κ1) is 17.9. The fourth-order valence-corrected chi connectivity index (χ4v) is 4.49. The molecule has 196 valence electrons. The van der Waals surface area contributed by atoms with E-state index in [9.17, 15) is 13.2 Å². The average Bonchev–Trinajstić information content (AvgIpc) is 3.17. The summed E-state index contributed by atoms with van der Waals surface area (Å²) in [5.74, 6) is -0.486. The molecule has 3 aromatic rings. The third-order valence-corrected chi connectivity index (χ3v) is 11.2. The molecule has 1 fully saturated rings. The van der Waals surface area contributed by atoms with Gasteiger partial charge in [0.05, 0.1) is 47.6 Å². The molecule has 1 saturated heterocycles. The van der Waals surface area contributed by atoms with Crippen LogP contribution in [0.2, 0.25) is 18.1 Å². The van der Waals surface area contributed by atoms with E-state index in [0.717, 1.165) is 6.07 Å². The van der Waals surface area contributed by atoms with Crippen LogP contribution in [0.5, 0.6) is 0 Å². The van der Waals surface area contributed by atoms with E-state index in [4.69, 9.17) is 15.4 Å². The third kappa shape index (κ3) is 5.45. The Balaban J connectivity index is 1.92. The summed E-state index contributed by atoms with van der Waals surface area (Å²) in [7, 11) is -2.33. The summed E-state index contributed by atoms with van der Waals surface area (Å²) in [6.07, 6.45) is -4.70. The van der Waals surface area contributed by atoms with Gasteiger partial charge >= 0.3 is 6.18 Å². The van der Waals surface area contributed by atoms with Crippen LogP contribution in [0.25, 0.3) is 5.65 Å². The van der Waals surface area contributed by atoms with Gasteiger partial charge in [-0.05, 0) is 54.4 Å². The maximum Gasteiger partial charge on any atom is 0.416 e. The number of imidazole rings is 1. The molecule has 1 aliphatic rings. The molecule has 0 saturated carbocycles. The zero-order valence-corrected chi connectivity index (χ0v) is 22.0. The lowest BCUT2D eigenvalue weighted by atomic mass is 9.98. The normalized spacial score (nSPS) is 24.5. The van der Waals surface area contributed by atoms with Gasteiger partial charge in [0.25, 0.3) is 0 Å². The van der Waals surface area contributed by atoms with Crippen molar-refractivity contribution in [3.63, 3.8) is 0 Å². The van der Waals surface area contributed by atoms with E-state index in [2.05, 4.69) is 14.8 Å². The first-order chi connectivity index (χ1) is 19.7. The number of anilines is 1. The summed E-state index contributed by atoms with van der Waals surface area (Å²) >= 11 is 0. The summed E-state index contributed by atoms with van der Waals surface area (Å²) in [6, 6.07) is 6.35. The molecule has 0 amide bonds. The van der Waals surface area contributed by atoms with E-state index in [1.54, 1.807) is 0 Å². The second kappa shape index (κ2) is 9.79. The van der Waals surface area contributed by atoms with Gasteiger partial charge in [-0.1, -0.05) is 32.9 Å². The van der Waals surface area contributed by atoms with Gasteiger partial charge < -0.3 is 14.1 Å². The number of morpholine rings is 1. The first-order valence-electron chi connectivity index (χ1n) is 15.4. The molecule has 36 heavy (non-hydrogen) atoms.